The lowest BCUT2D eigenvalue weighted by atomic mass is 9.82. The molecule has 0 radical (unpaired) electrons. The van der Waals surface area contributed by atoms with E-state index in [1.165, 1.54) is 22.3 Å². The maximum atomic E-state index is 11.6. The molecular weight excluding hydrogens is 298 g/mol. The van der Waals surface area contributed by atoms with E-state index in [0.29, 0.717) is 25.9 Å². The summed E-state index contributed by atoms with van der Waals surface area (Å²) in [4.78, 5) is 11.6. The fourth-order valence-corrected chi connectivity index (χ4v) is 3.13. The molecule has 0 unspecified atom stereocenters. The van der Waals surface area contributed by atoms with E-state index in [1.807, 2.05) is 32.0 Å². The first-order valence-electron chi connectivity index (χ1n) is 8.62. The summed E-state index contributed by atoms with van der Waals surface area (Å²) in [5, 5.41) is 12.9. The smallest absolute Gasteiger partial charge is 0.310 e. The van der Waals surface area contributed by atoms with E-state index in [2.05, 4.69) is 42.6 Å². The van der Waals surface area contributed by atoms with Gasteiger partial charge in [0.25, 0.3) is 0 Å². The Kier molecular flexibility index (Phi) is 6.16. The lowest BCUT2D eigenvalue weighted by Crippen LogP contribution is -2.40. The number of benzene rings is 2. The first-order valence-corrected chi connectivity index (χ1v) is 8.62. The number of carboxylic acid groups (broad SMARTS) is 1. The molecule has 0 spiro atoms. The van der Waals surface area contributed by atoms with Gasteiger partial charge in [0.05, 0.1) is 5.41 Å². The van der Waals surface area contributed by atoms with Crippen LogP contribution < -0.4 is 5.32 Å². The van der Waals surface area contributed by atoms with Crippen molar-refractivity contribution in [3.63, 3.8) is 0 Å². The summed E-state index contributed by atoms with van der Waals surface area (Å²) in [6, 6.07) is 16.7. The summed E-state index contributed by atoms with van der Waals surface area (Å²) in [5.41, 5.74) is 4.19. The summed E-state index contributed by atoms with van der Waals surface area (Å²) in [7, 11) is 0. The number of hydrogen-bond donors (Lipinski definition) is 2. The van der Waals surface area contributed by atoms with Crippen molar-refractivity contribution in [2.45, 2.75) is 40.2 Å². The molecule has 0 amide bonds. The van der Waals surface area contributed by atoms with E-state index < -0.39 is 11.4 Å². The van der Waals surface area contributed by atoms with Crippen LogP contribution >= 0.6 is 0 Å². The van der Waals surface area contributed by atoms with Crippen molar-refractivity contribution in [2.75, 3.05) is 6.54 Å². The van der Waals surface area contributed by atoms with Crippen LogP contribution in [-0.4, -0.2) is 17.6 Å². The molecule has 0 saturated heterocycles. The zero-order valence-electron chi connectivity index (χ0n) is 14.8. The summed E-state index contributed by atoms with van der Waals surface area (Å²) in [6.07, 6.45) is 1.26. The van der Waals surface area contributed by atoms with Crippen molar-refractivity contribution in [3.05, 3.63) is 59.7 Å². The molecular formula is C21H27NO2. The highest BCUT2D eigenvalue weighted by molar-refractivity contribution is 5.75. The molecule has 0 aliphatic carbocycles. The molecule has 0 atom stereocenters. The number of hydrogen-bond acceptors (Lipinski definition) is 2. The topological polar surface area (TPSA) is 49.3 Å². The van der Waals surface area contributed by atoms with Crippen molar-refractivity contribution < 1.29 is 9.90 Å². The number of carbonyl (C=O) groups is 1. The molecule has 2 N–H and O–H groups in total. The molecule has 0 saturated carbocycles. The first kappa shape index (κ1) is 18.2. The molecule has 3 heteroatoms. The van der Waals surface area contributed by atoms with Crippen molar-refractivity contribution >= 4 is 5.97 Å². The summed E-state index contributed by atoms with van der Waals surface area (Å²) in [6.45, 7) is 7.15. The average Bonchev–Trinajstić information content (AvgIpc) is 2.60. The minimum Gasteiger partial charge on any atom is -0.481 e. The normalized spacial score (nSPS) is 11.5. The quantitative estimate of drug-likeness (QED) is 0.743. The summed E-state index contributed by atoms with van der Waals surface area (Å²) in [5.74, 6) is -0.716. The van der Waals surface area contributed by atoms with Crippen LogP contribution in [-0.2, 0) is 11.3 Å². The molecule has 2 rings (SSSR count). The second-order valence-corrected chi connectivity index (χ2v) is 6.37. The van der Waals surface area contributed by atoms with Crippen LogP contribution in [0.4, 0.5) is 0 Å². The van der Waals surface area contributed by atoms with Crippen molar-refractivity contribution in [1.29, 1.82) is 0 Å². The second kappa shape index (κ2) is 8.11. The van der Waals surface area contributed by atoms with Gasteiger partial charge in [-0.1, -0.05) is 62.4 Å². The Labute approximate surface area is 144 Å². The van der Waals surface area contributed by atoms with Gasteiger partial charge in [-0.3, -0.25) is 4.79 Å². The summed E-state index contributed by atoms with van der Waals surface area (Å²) < 4.78 is 0. The Balaban J connectivity index is 2.17. The lowest BCUT2D eigenvalue weighted by molar-refractivity contribution is -0.149. The molecule has 0 aliphatic heterocycles. The van der Waals surface area contributed by atoms with E-state index in [4.69, 9.17) is 0 Å². The molecule has 0 fully saturated rings. The van der Waals surface area contributed by atoms with E-state index >= 15 is 0 Å². The predicted octanol–water partition coefficient (Wildman–Crippen LogP) is 4.64. The van der Waals surface area contributed by atoms with Gasteiger partial charge < -0.3 is 10.4 Å². The Morgan fingerprint density at radius 3 is 2.17 bits per heavy atom. The van der Waals surface area contributed by atoms with E-state index in [9.17, 15) is 9.90 Å². The minimum atomic E-state index is -0.716. The van der Waals surface area contributed by atoms with E-state index in [1.54, 1.807) is 0 Å². The predicted molar refractivity (Wildman–Crippen MR) is 99.0 cm³/mol. The average molecular weight is 325 g/mol. The van der Waals surface area contributed by atoms with E-state index in [-0.39, 0.29) is 0 Å². The van der Waals surface area contributed by atoms with Gasteiger partial charge in [0.1, 0.15) is 0 Å². The highest BCUT2D eigenvalue weighted by atomic mass is 16.4. The number of rotatable bonds is 8. The number of nitrogens with one attached hydrogen (secondary N) is 1. The third-order valence-corrected chi connectivity index (χ3v) is 5.04. The Morgan fingerprint density at radius 2 is 1.58 bits per heavy atom. The van der Waals surface area contributed by atoms with Crippen molar-refractivity contribution in [2.24, 2.45) is 5.41 Å². The Hall–Kier alpha value is -2.13. The van der Waals surface area contributed by atoms with Gasteiger partial charge in [-0.05, 0) is 42.0 Å². The SMILES string of the molecule is CCC(CC)(CNCc1ccccc1-c1ccccc1C)C(=O)O. The van der Waals surface area contributed by atoms with Crippen LogP contribution in [0.3, 0.4) is 0 Å². The third kappa shape index (κ3) is 3.85. The van der Waals surface area contributed by atoms with Crippen molar-refractivity contribution in [1.82, 2.24) is 5.32 Å². The van der Waals surface area contributed by atoms with Gasteiger partial charge in [-0.2, -0.15) is 0 Å². The van der Waals surface area contributed by atoms with Gasteiger partial charge in [0, 0.05) is 13.1 Å². The van der Waals surface area contributed by atoms with E-state index in [0.717, 1.165) is 0 Å². The number of aliphatic carboxylic acids is 1. The van der Waals surface area contributed by atoms with Crippen LogP contribution in [0.1, 0.15) is 37.8 Å². The highest BCUT2D eigenvalue weighted by Gasteiger charge is 2.34. The van der Waals surface area contributed by atoms with Gasteiger partial charge in [-0.15, -0.1) is 0 Å². The molecule has 2 aromatic carbocycles. The van der Waals surface area contributed by atoms with Crippen LogP contribution in [0.5, 0.6) is 0 Å². The van der Waals surface area contributed by atoms with Gasteiger partial charge in [0.2, 0.25) is 0 Å². The molecule has 128 valence electrons. The fraction of sp³-hybridized carbons (Fsp3) is 0.381. The largest absolute Gasteiger partial charge is 0.481 e. The van der Waals surface area contributed by atoms with Crippen LogP contribution in [0.2, 0.25) is 0 Å². The van der Waals surface area contributed by atoms with Gasteiger partial charge in [0.15, 0.2) is 0 Å². The first-order chi connectivity index (χ1) is 11.5. The minimum absolute atomic E-state index is 0.484. The van der Waals surface area contributed by atoms with Gasteiger partial charge in [-0.25, -0.2) is 0 Å². The number of aryl methyl sites for hydroxylation is 1. The maximum Gasteiger partial charge on any atom is 0.310 e. The molecule has 0 heterocycles. The van der Waals surface area contributed by atoms with Crippen LogP contribution in [0.15, 0.2) is 48.5 Å². The Morgan fingerprint density at radius 1 is 1.00 bits per heavy atom. The van der Waals surface area contributed by atoms with Crippen LogP contribution in [0.25, 0.3) is 11.1 Å². The molecule has 24 heavy (non-hydrogen) atoms. The summed E-state index contributed by atoms with van der Waals surface area (Å²) >= 11 is 0. The van der Waals surface area contributed by atoms with Crippen molar-refractivity contribution in [3.8, 4) is 11.1 Å². The molecule has 3 nitrogen and oxygen atoms in total. The maximum absolute atomic E-state index is 11.6. The number of carboxylic acids is 1. The highest BCUT2D eigenvalue weighted by Crippen LogP contribution is 2.28. The monoisotopic (exact) mass is 325 g/mol. The zero-order chi connectivity index (χ0) is 17.6. The Bertz CT molecular complexity index is 690. The van der Waals surface area contributed by atoms with Crippen LogP contribution in [0, 0.1) is 12.3 Å². The molecule has 0 bridgehead atoms. The molecule has 2 aromatic rings. The zero-order valence-corrected chi connectivity index (χ0v) is 14.8. The standard InChI is InChI=1S/C21H27NO2/c1-4-21(5-2,20(23)24)15-22-14-17-11-7-9-13-19(17)18-12-8-6-10-16(18)3/h6-13,22H,4-5,14-15H2,1-3H3,(H,23,24). The lowest BCUT2D eigenvalue weighted by Gasteiger charge is -2.27. The fourth-order valence-electron chi connectivity index (χ4n) is 3.13. The van der Waals surface area contributed by atoms with Gasteiger partial charge >= 0.3 is 5.97 Å². The third-order valence-electron chi connectivity index (χ3n) is 5.04. The molecule has 0 aromatic heterocycles. The second-order valence-electron chi connectivity index (χ2n) is 6.37. The molecule has 0 aliphatic rings.